The Morgan fingerprint density at radius 3 is 1.90 bits per heavy atom. The van der Waals surface area contributed by atoms with E-state index in [1.165, 1.54) is 10.4 Å². The maximum absolute atomic E-state index is 9.10. The van der Waals surface area contributed by atoms with Gasteiger partial charge in [-0.3, -0.25) is 9.80 Å². The molecule has 1 unspecified atom stereocenters. The Kier molecular flexibility index (Phi) is 12.0. The van der Waals surface area contributed by atoms with Gasteiger partial charge >= 0.3 is 23.9 Å². The van der Waals surface area contributed by atoms with Gasteiger partial charge in [-0.25, -0.2) is 19.2 Å². The molecule has 1 atom stereocenters. The summed E-state index contributed by atoms with van der Waals surface area (Å²) in [4.78, 5) is 42.6. The second kappa shape index (κ2) is 14.9. The van der Waals surface area contributed by atoms with Crippen LogP contribution in [0.4, 0.5) is 0 Å². The lowest BCUT2D eigenvalue weighted by Crippen LogP contribution is -2.46. The number of carboxylic acid groups (broad SMARTS) is 4. The van der Waals surface area contributed by atoms with E-state index in [1.807, 2.05) is 18.2 Å². The fraction of sp³-hybridized carbons (Fsp3) is 0.333. The van der Waals surface area contributed by atoms with Crippen molar-refractivity contribution in [2.24, 2.45) is 0 Å². The summed E-state index contributed by atoms with van der Waals surface area (Å²) in [6.07, 6.45) is 0. The molecule has 0 aliphatic carbocycles. The molecule has 3 heterocycles. The fourth-order valence-electron chi connectivity index (χ4n) is 3.34. The highest BCUT2D eigenvalue weighted by atomic mass is 35.5. The Balaban J connectivity index is 0.000000374. The molecule has 1 saturated heterocycles. The number of hydrogen-bond donors (Lipinski definition) is 4. The van der Waals surface area contributed by atoms with Crippen LogP contribution in [0.5, 0.6) is 0 Å². The van der Waals surface area contributed by atoms with Crippen LogP contribution in [-0.4, -0.2) is 90.5 Å². The van der Waals surface area contributed by atoms with Crippen LogP contribution in [0.15, 0.2) is 40.8 Å². The number of aromatic nitrogens is 2. The predicted molar refractivity (Wildman–Crippen MR) is 140 cm³/mol. The third-order valence-corrected chi connectivity index (χ3v) is 6.64. The van der Waals surface area contributed by atoms with Gasteiger partial charge in [-0.15, -0.1) is 21.5 Å². The van der Waals surface area contributed by atoms with Gasteiger partial charge in [0.2, 0.25) is 11.8 Å². The van der Waals surface area contributed by atoms with Crippen molar-refractivity contribution in [1.82, 2.24) is 20.0 Å². The van der Waals surface area contributed by atoms with Crippen molar-refractivity contribution in [3.63, 3.8) is 0 Å². The molecule has 0 saturated carbocycles. The molecule has 210 valence electrons. The van der Waals surface area contributed by atoms with Crippen LogP contribution in [0.1, 0.15) is 29.3 Å². The molecular formula is C24H27ClN4O9S. The molecule has 1 aliphatic rings. The number of piperazine rings is 1. The monoisotopic (exact) mass is 582 g/mol. The largest absolute Gasteiger partial charge is 0.473 e. The second-order valence-corrected chi connectivity index (χ2v) is 10.0. The average molecular weight is 583 g/mol. The summed E-state index contributed by atoms with van der Waals surface area (Å²) < 4.78 is 6.82. The highest BCUT2D eigenvalue weighted by Crippen LogP contribution is 2.26. The molecule has 1 aliphatic heterocycles. The van der Waals surface area contributed by atoms with Gasteiger partial charge in [0.05, 0.1) is 10.4 Å². The Hall–Kier alpha value is -3.85. The zero-order chi connectivity index (χ0) is 29.1. The maximum atomic E-state index is 9.10. The summed E-state index contributed by atoms with van der Waals surface area (Å²) in [6, 6.07) is 12.4. The zero-order valence-corrected chi connectivity index (χ0v) is 22.6. The second-order valence-electron chi connectivity index (χ2n) is 8.23. The van der Waals surface area contributed by atoms with Crippen LogP contribution in [0.3, 0.4) is 0 Å². The van der Waals surface area contributed by atoms with Crippen molar-refractivity contribution in [1.29, 1.82) is 0 Å². The van der Waals surface area contributed by atoms with E-state index < -0.39 is 23.9 Å². The summed E-state index contributed by atoms with van der Waals surface area (Å²) in [6.45, 7) is 9.21. The smallest absolute Gasteiger partial charge is 0.414 e. The van der Waals surface area contributed by atoms with E-state index in [0.717, 1.165) is 42.6 Å². The van der Waals surface area contributed by atoms with E-state index >= 15 is 0 Å². The number of carboxylic acids is 4. The van der Waals surface area contributed by atoms with E-state index in [1.54, 1.807) is 11.3 Å². The third kappa shape index (κ3) is 10.4. The van der Waals surface area contributed by atoms with Crippen molar-refractivity contribution in [2.75, 3.05) is 26.2 Å². The molecule has 4 rings (SSSR count). The molecule has 3 aromatic rings. The van der Waals surface area contributed by atoms with Gasteiger partial charge in [-0.1, -0.05) is 29.3 Å². The van der Waals surface area contributed by atoms with Gasteiger partial charge < -0.3 is 24.8 Å². The Morgan fingerprint density at radius 2 is 1.44 bits per heavy atom. The summed E-state index contributed by atoms with van der Waals surface area (Å²) >= 11 is 7.70. The quantitative estimate of drug-likeness (QED) is 0.321. The minimum absolute atomic E-state index is 0.120. The van der Waals surface area contributed by atoms with E-state index in [0.29, 0.717) is 11.8 Å². The fourth-order valence-corrected chi connectivity index (χ4v) is 4.47. The topological polar surface area (TPSA) is 195 Å². The van der Waals surface area contributed by atoms with E-state index in [4.69, 9.17) is 55.6 Å². The lowest BCUT2D eigenvalue weighted by molar-refractivity contribution is -0.159. The van der Waals surface area contributed by atoms with Crippen LogP contribution >= 0.6 is 22.9 Å². The van der Waals surface area contributed by atoms with Crippen molar-refractivity contribution < 1.29 is 44.0 Å². The van der Waals surface area contributed by atoms with Crippen LogP contribution < -0.4 is 0 Å². The molecule has 4 N–H and O–H groups in total. The molecule has 0 radical (unpaired) electrons. The number of benzene rings is 1. The number of halogens is 1. The maximum Gasteiger partial charge on any atom is 0.414 e. The molecule has 1 aromatic carbocycles. The summed E-state index contributed by atoms with van der Waals surface area (Å²) in [5, 5.41) is 38.1. The average Bonchev–Trinajstić information content (AvgIpc) is 3.54. The van der Waals surface area contributed by atoms with E-state index in [2.05, 4.69) is 52.0 Å². The molecule has 0 spiro atoms. The predicted octanol–water partition coefficient (Wildman–Crippen LogP) is 2.95. The third-order valence-electron chi connectivity index (χ3n) is 5.43. The number of carbonyl (C=O) groups is 4. The molecule has 15 heteroatoms. The summed E-state index contributed by atoms with van der Waals surface area (Å²) in [5.41, 5.74) is 2.18. The van der Waals surface area contributed by atoms with Gasteiger partial charge in [0.25, 0.3) is 0 Å². The highest BCUT2D eigenvalue weighted by molar-refractivity contribution is 7.16. The number of nitrogens with zero attached hydrogens (tertiary/aromatic N) is 4. The van der Waals surface area contributed by atoms with Crippen LogP contribution in [0, 0.1) is 6.92 Å². The Morgan fingerprint density at radius 1 is 0.897 bits per heavy atom. The first-order valence-electron chi connectivity index (χ1n) is 11.4. The van der Waals surface area contributed by atoms with Crippen molar-refractivity contribution in [3.05, 3.63) is 57.1 Å². The normalized spacial score (nSPS) is 14.2. The summed E-state index contributed by atoms with van der Waals surface area (Å²) in [7, 11) is 0. The van der Waals surface area contributed by atoms with Crippen LogP contribution in [0.2, 0.25) is 4.34 Å². The first-order valence-corrected chi connectivity index (χ1v) is 12.6. The minimum atomic E-state index is -1.82. The SMILES string of the molecule is Cc1ccc(-c2nnc(C(C)N3CCN(Cc4ccc(Cl)s4)CC3)o2)cc1.O=C(O)C(=O)O.O=C(O)C(=O)O. The molecule has 2 aromatic heterocycles. The van der Waals surface area contributed by atoms with Gasteiger partial charge in [0.1, 0.15) is 0 Å². The zero-order valence-electron chi connectivity index (χ0n) is 21.0. The number of rotatable bonds is 5. The molecule has 39 heavy (non-hydrogen) atoms. The number of aryl methyl sites for hydroxylation is 1. The molecule has 0 amide bonds. The minimum Gasteiger partial charge on any atom is -0.473 e. The van der Waals surface area contributed by atoms with Crippen LogP contribution in [0.25, 0.3) is 11.5 Å². The Labute approximate surface area is 231 Å². The van der Waals surface area contributed by atoms with E-state index in [-0.39, 0.29) is 6.04 Å². The first-order chi connectivity index (χ1) is 18.4. The lowest BCUT2D eigenvalue weighted by Gasteiger charge is -2.36. The number of aliphatic carboxylic acids is 4. The molecular weight excluding hydrogens is 556 g/mol. The Bertz CT molecular complexity index is 1220. The van der Waals surface area contributed by atoms with Crippen LogP contribution in [-0.2, 0) is 25.7 Å². The standard InChI is InChI=1S/C20H23ClN4OS.2C2H2O4/c1-14-3-5-16(6-4-14)20-23-22-19(26-20)15(2)25-11-9-24(10-12-25)13-17-7-8-18(21)27-17;2*3-1(4)2(5)6/h3-8,15H,9-13H2,1-2H3;2*(H,3,4)(H,5,6). The molecule has 1 fully saturated rings. The van der Waals surface area contributed by atoms with Gasteiger partial charge in [-0.2, -0.15) is 0 Å². The molecule has 13 nitrogen and oxygen atoms in total. The van der Waals surface area contributed by atoms with Gasteiger partial charge in [-0.05, 0) is 38.1 Å². The number of thiophene rings is 1. The van der Waals surface area contributed by atoms with Crippen molar-refractivity contribution in [3.8, 4) is 11.5 Å². The van der Waals surface area contributed by atoms with Crippen molar-refractivity contribution in [2.45, 2.75) is 26.4 Å². The van der Waals surface area contributed by atoms with Crippen molar-refractivity contribution >= 4 is 46.8 Å². The van der Waals surface area contributed by atoms with Gasteiger partial charge in [0.15, 0.2) is 0 Å². The highest BCUT2D eigenvalue weighted by Gasteiger charge is 2.26. The summed E-state index contributed by atoms with van der Waals surface area (Å²) in [5.74, 6) is -6.02. The number of hydrogen-bond acceptors (Lipinski definition) is 10. The first kappa shape index (κ1) is 31.4. The van der Waals surface area contributed by atoms with Gasteiger partial charge in [0, 0.05) is 43.2 Å². The molecule has 0 bridgehead atoms. The lowest BCUT2D eigenvalue weighted by atomic mass is 10.1. The van der Waals surface area contributed by atoms with E-state index in [9.17, 15) is 0 Å².